The molecule has 1 heterocycles. The summed E-state index contributed by atoms with van der Waals surface area (Å²) in [5, 5.41) is 0. The van der Waals surface area contributed by atoms with Crippen molar-refractivity contribution < 1.29 is 8.42 Å². The van der Waals surface area contributed by atoms with E-state index in [1.165, 1.54) is 18.0 Å². The Morgan fingerprint density at radius 1 is 1.24 bits per heavy atom. The molecule has 0 aliphatic carbocycles. The third-order valence-corrected chi connectivity index (χ3v) is 5.72. The van der Waals surface area contributed by atoms with E-state index in [2.05, 4.69) is 25.6 Å². The topological polar surface area (TPSA) is 85.1 Å². The van der Waals surface area contributed by atoms with Crippen molar-refractivity contribution in [3.05, 3.63) is 47.2 Å². The number of aromatic nitrogens is 1. The zero-order valence-corrected chi connectivity index (χ0v) is 14.2. The van der Waals surface area contributed by atoms with E-state index in [0.717, 1.165) is 4.90 Å². The summed E-state index contributed by atoms with van der Waals surface area (Å²) >= 11 is 4.73. The number of benzene rings is 1. The standard InChI is InChI=1S/C13H14BrN3O2S2/c14-12-9-16-6-5-13(12)17-21(18,19)8-7-20-11-3-1-10(15)2-4-11/h1-6,9H,7-8,15H2,(H,16,17). The van der Waals surface area contributed by atoms with Crippen molar-refractivity contribution in [2.24, 2.45) is 0 Å². The van der Waals surface area contributed by atoms with Crippen LogP contribution in [0.5, 0.6) is 0 Å². The molecule has 0 bridgehead atoms. The van der Waals surface area contributed by atoms with Crippen LogP contribution in [-0.2, 0) is 10.0 Å². The molecule has 0 saturated carbocycles. The number of hydrogen-bond donors (Lipinski definition) is 2. The molecule has 0 aliphatic rings. The molecule has 112 valence electrons. The highest BCUT2D eigenvalue weighted by molar-refractivity contribution is 9.10. The number of hydrogen-bond acceptors (Lipinski definition) is 5. The van der Waals surface area contributed by atoms with E-state index in [-0.39, 0.29) is 5.75 Å². The van der Waals surface area contributed by atoms with Crippen LogP contribution >= 0.6 is 27.7 Å². The lowest BCUT2D eigenvalue weighted by Crippen LogP contribution is -2.18. The number of nitrogens with one attached hydrogen (secondary N) is 1. The molecule has 0 unspecified atom stereocenters. The molecular formula is C13H14BrN3O2S2. The van der Waals surface area contributed by atoms with Crippen molar-refractivity contribution in [3.8, 4) is 0 Å². The van der Waals surface area contributed by atoms with Gasteiger partial charge in [-0.2, -0.15) is 0 Å². The molecule has 1 aromatic heterocycles. The largest absolute Gasteiger partial charge is 0.399 e. The molecule has 2 rings (SSSR count). The molecule has 0 spiro atoms. The maximum atomic E-state index is 12.0. The van der Waals surface area contributed by atoms with Gasteiger partial charge in [0.25, 0.3) is 0 Å². The first kappa shape index (κ1) is 16.1. The minimum Gasteiger partial charge on any atom is -0.399 e. The van der Waals surface area contributed by atoms with Crippen molar-refractivity contribution in [1.29, 1.82) is 0 Å². The molecule has 0 aliphatic heterocycles. The monoisotopic (exact) mass is 387 g/mol. The molecule has 1 aromatic carbocycles. The van der Waals surface area contributed by atoms with Crippen LogP contribution in [0.15, 0.2) is 52.1 Å². The maximum Gasteiger partial charge on any atom is 0.233 e. The van der Waals surface area contributed by atoms with Crippen LogP contribution in [0, 0.1) is 0 Å². The number of thioether (sulfide) groups is 1. The lowest BCUT2D eigenvalue weighted by molar-refractivity contribution is 0.602. The van der Waals surface area contributed by atoms with Crippen molar-refractivity contribution in [2.45, 2.75) is 4.90 Å². The predicted octanol–water partition coefficient (Wildman–Crippen LogP) is 2.96. The van der Waals surface area contributed by atoms with Gasteiger partial charge in [0.15, 0.2) is 0 Å². The number of nitrogens with two attached hydrogens (primary N) is 1. The van der Waals surface area contributed by atoms with E-state index in [4.69, 9.17) is 5.73 Å². The Balaban J connectivity index is 1.90. The van der Waals surface area contributed by atoms with E-state index in [1.807, 2.05) is 12.1 Å². The molecule has 0 radical (unpaired) electrons. The molecule has 8 heteroatoms. The third kappa shape index (κ3) is 5.22. The predicted molar refractivity (Wildman–Crippen MR) is 90.9 cm³/mol. The Kier molecular flexibility index (Phi) is 5.49. The van der Waals surface area contributed by atoms with Crippen LogP contribution in [0.25, 0.3) is 0 Å². The smallest absolute Gasteiger partial charge is 0.233 e. The molecule has 3 N–H and O–H groups in total. The molecule has 5 nitrogen and oxygen atoms in total. The second kappa shape index (κ2) is 7.15. The zero-order chi connectivity index (χ0) is 15.3. The maximum absolute atomic E-state index is 12.0. The minimum atomic E-state index is -3.39. The summed E-state index contributed by atoms with van der Waals surface area (Å²) in [6.45, 7) is 0. The first-order chi connectivity index (χ1) is 9.96. The first-order valence-corrected chi connectivity index (χ1v) is 9.48. The Morgan fingerprint density at radius 3 is 2.62 bits per heavy atom. The van der Waals surface area contributed by atoms with Gasteiger partial charge >= 0.3 is 0 Å². The van der Waals surface area contributed by atoms with Crippen LogP contribution in [-0.4, -0.2) is 24.9 Å². The van der Waals surface area contributed by atoms with Crippen LogP contribution in [0.3, 0.4) is 0 Å². The summed E-state index contributed by atoms with van der Waals surface area (Å²) in [6.07, 6.45) is 3.08. The van der Waals surface area contributed by atoms with Gasteiger partial charge in [-0.15, -0.1) is 11.8 Å². The Bertz CT molecular complexity index is 706. The summed E-state index contributed by atoms with van der Waals surface area (Å²) in [6, 6.07) is 8.94. The second-order valence-corrected chi connectivity index (χ2v) is 8.06. The first-order valence-electron chi connectivity index (χ1n) is 6.05. The van der Waals surface area contributed by atoms with Gasteiger partial charge in [-0.25, -0.2) is 8.42 Å². The minimum absolute atomic E-state index is 0.0246. The van der Waals surface area contributed by atoms with E-state index in [1.54, 1.807) is 24.4 Å². The van der Waals surface area contributed by atoms with Crippen molar-refractivity contribution in [1.82, 2.24) is 4.98 Å². The average Bonchev–Trinajstić information content (AvgIpc) is 2.43. The van der Waals surface area contributed by atoms with Gasteiger partial charge in [0.1, 0.15) is 0 Å². The molecular weight excluding hydrogens is 374 g/mol. The molecule has 2 aromatic rings. The van der Waals surface area contributed by atoms with Gasteiger partial charge in [0.2, 0.25) is 10.0 Å². The quantitative estimate of drug-likeness (QED) is 0.587. The van der Waals surface area contributed by atoms with Crippen LogP contribution in [0.2, 0.25) is 0 Å². The van der Waals surface area contributed by atoms with Gasteiger partial charge in [0, 0.05) is 28.7 Å². The van der Waals surface area contributed by atoms with Gasteiger partial charge < -0.3 is 5.73 Å². The number of pyridine rings is 1. The molecule has 0 amide bonds. The summed E-state index contributed by atoms with van der Waals surface area (Å²) < 4.78 is 27.2. The lowest BCUT2D eigenvalue weighted by atomic mass is 10.3. The normalized spacial score (nSPS) is 11.3. The Labute approximate surface area is 136 Å². The van der Waals surface area contributed by atoms with Crippen LogP contribution in [0.4, 0.5) is 11.4 Å². The number of rotatable bonds is 6. The summed E-state index contributed by atoms with van der Waals surface area (Å²) in [5.74, 6) is 0.485. The van der Waals surface area contributed by atoms with Crippen molar-refractivity contribution in [2.75, 3.05) is 22.0 Å². The van der Waals surface area contributed by atoms with E-state index in [9.17, 15) is 8.42 Å². The van der Waals surface area contributed by atoms with Crippen LogP contribution in [0.1, 0.15) is 0 Å². The number of nitrogens with zero attached hydrogens (tertiary/aromatic N) is 1. The van der Waals surface area contributed by atoms with Crippen molar-refractivity contribution in [3.63, 3.8) is 0 Å². The van der Waals surface area contributed by atoms with Gasteiger partial charge in [-0.3, -0.25) is 9.71 Å². The molecule has 21 heavy (non-hydrogen) atoms. The van der Waals surface area contributed by atoms with E-state index < -0.39 is 10.0 Å². The third-order valence-electron chi connectivity index (χ3n) is 2.54. The highest BCUT2D eigenvalue weighted by Crippen LogP contribution is 2.22. The number of nitrogen functional groups attached to an aromatic ring is 1. The Hall–Kier alpha value is -1.25. The van der Waals surface area contributed by atoms with Gasteiger partial charge in [-0.05, 0) is 46.3 Å². The van der Waals surface area contributed by atoms with Crippen LogP contribution < -0.4 is 10.5 Å². The summed E-state index contributed by atoms with van der Waals surface area (Å²) in [4.78, 5) is 4.88. The zero-order valence-electron chi connectivity index (χ0n) is 11.0. The molecule has 0 fully saturated rings. The number of sulfonamides is 1. The molecule has 0 saturated heterocycles. The number of anilines is 2. The van der Waals surface area contributed by atoms with E-state index >= 15 is 0 Å². The Morgan fingerprint density at radius 2 is 1.95 bits per heavy atom. The SMILES string of the molecule is Nc1ccc(SCCS(=O)(=O)Nc2ccncc2Br)cc1. The summed E-state index contributed by atoms with van der Waals surface area (Å²) in [7, 11) is -3.39. The summed E-state index contributed by atoms with van der Waals surface area (Å²) in [5.41, 5.74) is 6.78. The van der Waals surface area contributed by atoms with Gasteiger partial charge in [0.05, 0.1) is 15.9 Å². The fourth-order valence-electron chi connectivity index (χ4n) is 1.51. The second-order valence-electron chi connectivity index (χ2n) is 4.19. The highest BCUT2D eigenvalue weighted by atomic mass is 79.9. The van der Waals surface area contributed by atoms with E-state index in [0.29, 0.717) is 21.6 Å². The molecule has 0 atom stereocenters. The fraction of sp³-hybridized carbons (Fsp3) is 0.154. The van der Waals surface area contributed by atoms with Crippen molar-refractivity contribution >= 4 is 49.1 Å². The van der Waals surface area contributed by atoms with Gasteiger partial charge in [-0.1, -0.05) is 0 Å². The lowest BCUT2D eigenvalue weighted by Gasteiger charge is -2.09. The average molecular weight is 388 g/mol. The number of halogens is 1. The highest BCUT2D eigenvalue weighted by Gasteiger charge is 2.12. The fourth-order valence-corrected chi connectivity index (χ4v) is 4.38.